The highest BCUT2D eigenvalue weighted by Crippen LogP contribution is 2.66. The van der Waals surface area contributed by atoms with Gasteiger partial charge in [0.1, 0.15) is 6.29 Å². The largest absolute Gasteiger partial charge is 0.298 e. The number of rotatable bonds is 2. The van der Waals surface area contributed by atoms with Crippen molar-refractivity contribution in [2.75, 3.05) is 0 Å². The third kappa shape index (κ3) is 1.04. The Balaban J connectivity index is 1.57. The van der Waals surface area contributed by atoms with E-state index in [2.05, 4.69) is 40.8 Å². The van der Waals surface area contributed by atoms with Crippen molar-refractivity contribution in [1.82, 2.24) is 10.0 Å². The van der Waals surface area contributed by atoms with E-state index in [0.717, 1.165) is 23.3 Å². The molecule has 0 saturated carbocycles. The third-order valence-corrected chi connectivity index (χ3v) is 5.33. The van der Waals surface area contributed by atoms with Crippen molar-refractivity contribution in [2.24, 2.45) is 0 Å². The van der Waals surface area contributed by atoms with Crippen LogP contribution in [0.1, 0.15) is 28.9 Å². The summed E-state index contributed by atoms with van der Waals surface area (Å²) in [5.74, 6) is 0. The van der Waals surface area contributed by atoms with Crippen LogP contribution in [0.4, 0.5) is 0 Å². The Morgan fingerprint density at radius 3 is 2.56 bits per heavy atom. The predicted octanol–water partition coefficient (Wildman–Crippen LogP) is 1.87. The number of nitrogens with zero attached hydrogens (tertiary/aromatic N) is 2. The van der Waals surface area contributed by atoms with E-state index < -0.39 is 0 Å². The van der Waals surface area contributed by atoms with Gasteiger partial charge in [-0.15, -0.1) is 11.8 Å². The van der Waals surface area contributed by atoms with Gasteiger partial charge < -0.3 is 0 Å². The van der Waals surface area contributed by atoms with Gasteiger partial charge >= 0.3 is 0 Å². The number of thioether (sulfide) groups is 1. The molecule has 4 rings (SSSR count). The van der Waals surface area contributed by atoms with Gasteiger partial charge in [-0.2, -0.15) is 0 Å². The van der Waals surface area contributed by atoms with Gasteiger partial charge in [-0.05, 0) is 12.5 Å². The zero-order chi connectivity index (χ0) is 10.9. The van der Waals surface area contributed by atoms with Crippen molar-refractivity contribution in [3.05, 3.63) is 35.4 Å². The lowest BCUT2D eigenvalue weighted by molar-refractivity contribution is 0.112. The molecule has 6 unspecified atom stereocenters. The van der Waals surface area contributed by atoms with Crippen molar-refractivity contribution >= 4 is 18.0 Å². The van der Waals surface area contributed by atoms with Crippen molar-refractivity contribution in [3.8, 4) is 0 Å². The number of hydrogen-bond donors (Lipinski definition) is 0. The molecule has 16 heavy (non-hydrogen) atoms. The monoisotopic (exact) mass is 232 g/mol. The fraction of sp³-hybridized carbons (Fsp3) is 0.417. The number of carbonyl (C=O) groups excluding carboxylic acids is 1. The standard InChI is InChI=1S/C12H12N2OS/c1-7-11-13(7)14-10(12(14)16-11)9-4-2-8(6-15)3-5-9/h2-7,10-12H,1H3. The molecule has 3 heterocycles. The summed E-state index contributed by atoms with van der Waals surface area (Å²) in [5, 5.41) is 6.34. The van der Waals surface area contributed by atoms with Crippen LogP contribution in [0.15, 0.2) is 24.3 Å². The molecule has 3 fully saturated rings. The summed E-state index contributed by atoms with van der Waals surface area (Å²) in [7, 11) is 0. The first kappa shape index (κ1) is 9.22. The van der Waals surface area contributed by atoms with E-state index in [0.29, 0.717) is 11.4 Å². The summed E-state index contributed by atoms with van der Waals surface area (Å²) in [6.07, 6.45) is 0.898. The number of hydrazine groups is 1. The van der Waals surface area contributed by atoms with Gasteiger partial charge in [-0.25, -0.2) is 10.0 Å². The number of fused-ring (bicyclic) bond motifs is 3. The molecule has 0 spiro atoms. The lowest BCUT2D eigenvalue weighted by Gasteiger charge is -2.04. The highest BCUT2D eigenvalue weighted by atomic mass is 32.2. The van der Waals surface area contributed by atoms with Crippen LogP contribution in [-0.2, 0) is 0 Å². The number of aldehydes is 1. The van der Waals surface area contributed by atoms with Gasteiger partial charge in [0, 0.05) is 11.6 Å². The average molecular weight is 232 g/mol. The second kappa shape index (κ2) is 2.88. The van der Waals surface area contributed by atoms with Crippen LogP contribution >= 0.6 is 11.8 Å². The second-order valence-electron chi connectivity index (χ2n) is 4.65. The maximum absolute atomic E-state index is 10.6. The molecule has 6 atom stereocenters. The summed E-state index contributed by atoms with van der Waals surface area (Å²) in [5.41, 5.74) is 2.09. The zero-order valence-electron chi connectivity index (χ0n) is 8.91. The zero-order valence-corrected chi connectivity index (χ0v) is 9.72. The summed E-state index contributed by atoms with van der Waals surface area (Å²) >= 11 is 2.07. The predicted molar refractivity (Wildman–Crippen MR) is 62.9 cm³/mol. The Bertz CT molecular complexity index is 461. The van der Waals surface area contributed by atoms with Crippen LogP contribution in [-0.4, -0.2) is 33.1 Å². The Kier molecular flexibility index (Phi) is 1.66. The van der Waals surface area contributed by atoms with Crippen LogP contribution in [0, 0.1) is 0 Å². The minimum Gasteiger partial charge on any atom is -0.298 e. The Morgan fingerprint density at radius 1 is 1.19 bits per heavy atom. The fourth-order valence-electron chi connectivity index (χ4n) is 2.67. The van der Waals surface area contributed by atoms with Crippen LogP contribution in [0.2, 0.25) is 0 Å². The van der Waals surface area contributed by atoms with Crippen LogP contribution in [0.5, 0.6) is 0 Å². The fourth-order valence-corrected chi connectivity index (χ4v) is 4.38. The normalized spacial score (nSPS) is 47.1. The summed E-state index contributed by atoms with van der Waals surface area (Å²) in [6, 6.07) is 9.25. The lowest BCUT2D eigenvalue weighted by atomic mass is 10.1. The van der Waals surface area contributed by atoms with E-state index >= 15 is 0 Å². The molecule has 3 aliphatic heterocycles. The van der Waals surface area contributed by atoms with E-state index in [1.165, 1.54) is 5.56 Å². The van der Waals surface area contributed by atoms with Crippen molar-refractivity contribution in [1.29, 1.82) is 0 Å². The average Bonchev–Trinajstić information content (AvgIpc) is 3.14. The van der Waals surface area contributed by atoms with Gasteiger partial charge in [0.05, 0.1) is 16.8 Å². The maximum atomic E-state index is 10.6. The van der Waals surface area contributed by atoms with E-state index in [9.17, 15) is 4.79 Å². The van der Waals surface area contributed by atoms with Gasteiger partial charge in [0.2, 0.25) is 0 Å². The quantitative estimate of drug-likeness (QED) is 0.573. The van der Waals surface area contributed by atoms with Gasteiger partial charge in [0.15, 0.2) is 0 Å². The highest BCUT2D eigenvalue weighted by Gasteiger charge is 2.70. The topological polar surface area (TPSA) is 23.1 Å². The highest BCUT2D eigenvalue weighted by molar-refractivity contribution is 8.01. The first-order valence-corrected chi connectivity index (χ1v) is 6.53. The van der Waals surface area contributed by atoms with Crippen molar-refractivity contribution in [3.63, 3.8) is 0 Å². The second-order valence-corrected chi connectivity index (χ2v) is 5.89. The first-order valence-electron chi connectivity index (χ1n) is 5.58. The Morgan fingerprint density at radius 2 is 1.94 bits per heavy atom. The van der Waals surface area contributed by atoms with E-state index in [1.807, 2.05) is 12.1 Å². The van der Waals surface area contributed by atoms with Crippen molar-refractivity contribution < 1.29 is 4.79 Å². The SMILES string of the molecule is CC1C2SC3C(c4ccc(C=O)cc4)N3N12. The first-order chi connectivity index (χ1) is 7.81. The van der Waals surface area contributed by atoms with Crippen LogP contribution in [0.3, 0.4) is 0 Å². The smallest absolute Gasteiger partial charge is 0.150 e. The molecule has 0 aliphatic carbocycles. The molecule has 1 aromatic rings. The number of benzene rings is 1. The molecule has 0 aromatic heterocycles. The molecule has 3 aliphatic rings. The molecule has 3 saturated heterocycles. The van der Waals surface area contributed by atoms with Gasteiger partial charge in [0.25, 0.3) is 0 Å². The summed E-state index contributed by atoms with van der Waals surface area (Å²) < 4.78 is 0. The molecule has 82 valence electrons. The Labute approximate surface area is 98.4 Å². The molecular formula is C12H12N2OS. The summed E-state index contributed by atoms with van der Waals surface area (Å²) in [6.45, 7) is 2.28. The molecule has 4 heteroatoms. The molecule has 3 nitrogen and oxygen atoms in total. The number of hydrogen-bond acceptors (Lipinski definition) is 4. The molecule has 1 aromatic carbocycles. The third-order valence-electron chi connectivity index (χ3n) is 3.69. The molecular weight excluding hydrogens is 220 g/mol. The molecule has 0 amide bonds. The van der Waals surface area contributed by atoms with Gasteiger partial charge in [-0.1, -0.05) is 24.3 Å². The van der Waals surface area contributed by atoms with Crippen LogP contribution < -0.4 is 0 Å². The Hall–Kier alpha value is -0.840. The van der Waals surface area contributed by atoms with Crippen molar-refractivity contribution in [2.45, 2.75) is 29.8 Å². The minimum absolute atomic E-state index is 0.548. The number of carbonyl (C=O) groups is 1. The minimum atomic E-state index is 0.548. The van der Waals surface area contributed by atoms with E-state index in [1.54, 1.807) is 0 Å². The molecule has 0 N–H and O–H groups in total. The molecule has 0 bridgehead atoms. The van der Waals surface area contributed by atoms with E-state index in [4.69, 9.17) is 0 Å². The maximum Gasteiger partial charge on any atom is 0.150 e. The lowest BCUT2D eigenvalue weighted by Crippen LogP contribution is -2.08. The molecule has 0 radical (unpaired) electrons. The van der Waals surface area contributed by atoms with E-state index in [-0.39, 0.29) is 0 Å². The van der Waals surface area contributed by atoms with Gasteiger partial charge in [-0.3, -0.25) is 4.79 Å². The summed E-state index contributed by atoms with van der Waals surface area (Å²) in [4.78, 5) is 10.6. The van der Waals surface area contributed by atoms with Crippen LogP contribution in [0.25, 0.3) is 0 Å².